The standard InChI is InChI=1S/C25H36O4/c1-16-19-6-7-20-18-5-4-17-14-25(28-12-10-26-16)22(27-11-13-29-25)15-24(17,3)21(18)8-9-23(19,20)2/h4-5,16,19-22H,6-15H2,1-3H3/t16?,19-,20-,21+,22?,23-,24+,25?/m1/s1. The van der Waals surface area contributed by atoms with Crippen molar-refractivity contribution in [2.75, 3.05) is 26.4 Å². The Kier molecular flexibility index (Phi) is 4.21. The Balaban J connectivity index is 1.47. The van der Waals surface area contributed by atoms with Gasteiger partial charge in [-0.15, -0.1) is 0 Å². The number of rotatable bonds is 0. The van der Waals surface area contributed by atoms with E-state index < -0.39 is 5.79 Å². The molecule has 8 atom stereocenters. The summed E-state index contributed by atoms with van der Waals surface area (Å²) in [7, 11) is 0. The van der Waals surface area contributed by atoms with Gasteiger partial charge in [-0.25, -0.2) is 0 Å². The summed E-state index contributed by atoms with van der Waals surface area (Å²) in [6.07, 6.45) is 12.3. The second-order valence-corrected chi connectivity index (χ2v) is 10.9. The molecule has 0 radical (unpaired) electrons. The molecule has 3 saturated carbocycles. The van der Waals surface area contributed by atoms with E-state index in [0.29, 0.717) is 49.6 Å². The highest BCUT2D eigenvalue weighted by molar-refractivity contribution is 5.40. The molecule has 3 saturated heterocycles. The molecule has 0 aromatic heterocycles. The van der Waals surface area contributed by atoms with Crippen LogP contribution < -0.4 is 0 Å². The second kappa shape index (κ2) is 6.41. The highest BCUT2D eigenvalue weighted by atomic mass is 16.7. The fraction of sp³-hybridized carbons (Fsp3) is 0.840. The van der Waals surface area contributed by atoms with Gasteiger partial charge in [-0.1, -0.05) is 37.1 Å². The summed E-state index contributed by atoms with van der Waals surface area (Å²) >= 11 is 0. The first-order chi connectivity index (χ1) is 14.0. The minimum absolute atomic E-state index is 0.0164. The van der Waals surface area contributed by atoms with Crippen molar-refractivity contribution in [1.82, 2.24) is 0 Å². The van der Waals surface area contributed by atoms with Crippen molar-refractivity contribution in [3.05, 3.63) is 23.3 Å². The van der Waals surface area contributed by atoms with Crippen molar-refractivity contribution >= 4 is 0 Å². The van der Waals surface area contributed by atoms with E-state index >= 15 is 0 Å². The van der Waals surface area contributed by atoms with Gasteiger partial charge in [0.25, 0.3) is 0 Å². The maximum absolute atomic E-state index is 6.46. The first-order valence-corrected chi connectivity index (χ1v) is 11.9. The van der Waals surface area contributed by atoms with Gasteiger partial charge >= 0.3 is 0 Å². The van der Waals surface area contributed by atoms with Gasteiger partial charge in [-0.2, -0.15) is 0 Å². The molecule has 6 fully saturated rings. The fourth-order valence-electron chi connectivity index (χ4n) is 8.28. The lowest BCUT2D eigenvalue weighted by atomic mass is 9.49. The SMILES string of the molecule is CC1OCCOC23CC4=CC=C5[C@H]6CC[C@H]1[C@@]6(C)CC[C@@H]5[C@@]4(C)CC2OCCO3. The van der Waals surface area contributed by atoms with Crippen LogP contribution in [0.4, 0.5) is 0 Å². The molecule has 0 N–H and O–H groups in total. The Labute approximate surface area is 175 Å². The molecule has 8 bridgehead atoms. The molecule has 8 rings (SSSR count). The van der Waals surface area contributed by atoms with E-state index in [1.54, 1.807) is 5.57 Å². The van der Waals surface area contributed by atoms with Gasteiger partial charge in [-0.3, -0.25) is 0 Å². The first kappa shape index (κ1) is 19.0. The maximum Gasteiger partial charge on any atom is 0.198 e. The summed E-state index contributed by atoms with van der Waals surface area (Å²) in [5, 5.41) is 0. The van der Waals surface area contributed by atoms with E-state index in [1.165, 1.54) is 31.3 Å². The highest BCUT2D eigenvalue weighted by Gasteiger charge is 2.61. The van der Waals surface area contributed by atoms with Crippen molar-refractivity contribution in [3.63, 3.8) is 0 Å². The van der Waals surface area contributed by atoms with Crippen LogP contribution in [0.15, 0.2) is 23.3 Å². The average Bonchev–Trinajstić information content (AvgIpc) is 3.06. The monoisotopic (exact) mass is 400 g/mol. The van der Waals surface area contributed by atoms with Crippen LogP contribution in [0.25, 0.3) is 0 Å². The molecular formula is C25H36O4. The molecule has 1 spiro atoms. The van der Waals surface area contributed by atoms with Crippen molar-refractivity contribution in [3.8, 4) is 0 Å². The number of hydrogen-bond donors (Lipinski definition) is 0. The summed E-state index contributed by atoms with van der Waals surface area (Å²) in [5.74, 6) is 1.37. The second-order valence-electron chi connectivity index (χ2n) is 10.9. The molecule has 8 aliphatic rings. The van der Waals surface area contributed by atoms with Crippen LogP contribution in [-0.2, 0) is 18.9 Å². The number of fused-ring (bicyclic) bond motifs is 1. The number of ether oxygens (including phenoxy) is 4. The average molecular weight is 401 g/mol. The largest absolute Gasteiger partial charge is 0.376 e. The summed E-state index contributed by atoms with van der Waals surface area (Å²) in [6.45, 7) is 9.85. The van der Waals surface area contributed by atoms with Crippen LogP contribution >= 0.6 is 0 Å². The topological polar surface area (TPSA) is 36.9 Å². The predicted octanol–water partition coefficient (Wildman–Crippen LogP) is 4.64. The Bertz CT molecular complexity index is 758. The molecule has 4 aliphatic heterocycles. The van der Waals surface area contributed by atoms with Crippen LogP contribution in [-0.4, -0.2) is 44.4 Å². The maximum atomic E-state index is 6.46. The molecule has 0 aromatic carbocycles. The smallest absolute Gasteiger partial charge is 0.198 e. The van der Waals surface area contributed by atoms with Crippen LogP contribution in [0.1, 0.15) is 59.3 Å². The van der Waals surface area contributed by atoms with Crippen molar-refractivity contribution in [2.45, 2.75) is 77.3 Å². The van der Waals surface area contributed by atoms with Crippen LogP contribution in [0.2, 0.25) is 0 Å². The normalized spacial score (nSPS) is 54.0. The van der Waals surface area contributed by atoms with Gasteiger partial charge in [0.1, 0.15) is 6.10 Å². The van der Waals surface area contributed by atoms with Gasteiger partial charge < -0.3 is 18.9 Å². The van der Waals surface area contributed by atoms with E-state index in [9.17, 15) is 0 Å². The summed E-state index contributed by atoms with van der Waals surface area (Å²) in [4.78, 5) is 0. The number of hydrogen-bond acceptors (Lipinski definition) is 4. The zero-order valence-corrected chi connectivity index (χ0v) is 18.2. The molecule has 160 valence electrons. The molecule has 29 heavy (non-hydrogen) atoms. The zero-order valence-electron chi connectivity index (χ0n) is 18.2. The van der Waals surface area contributed by atoms with E-state index in [0.717, 1.165) is 12.8 Å². The predicted molar refractivity (Wildman–Crippen MR) is 110 cm³/mol. The summed E-state index contributed by atoms with van der Waals surface area (Å²) in [5.41, 5.74) is 3.78. The van der Waals surface area contributed by atoms with Crippen LogP contribution in [0, 0.1) is 28.6 Å². The van der Waals surface area contributed by atoms with E-state index in [-0.39, 0.29) is 17.6 Å². The van der Waals surface area contributed by atoms with Crippen LogP contribution in [0.5, 0.6) is 0 Å². The third-order valence-corrected chi connectivity index (χ3v) is 9.83. The van der Waals surface area contributed by atoms with Gasteiger partial charge in [0, 0.05) is 6.42 Å². The van der Waals surface area contributed by atoms with Gasteiger partial charge in [0.05, 0.1) is 32.5 Å². The lowest BCUT2D eigenvalue weighted by Gasteiger charge is -2.59. The van der Waals surface area contributed by atoms with Crippen molar-refractivity contribution in [1.29, 1.82) is 0 Å². The van der Waals surface area contributed by atoms with E-state index in [2.05, 4.69) is 32.9 Å². The van der Waals surface area contributed by atoms with E-state index in [4.69, 9.17) is 18.9 Å². The van der Waals surface area contributed by atoms with Crippen molar-refractivity contribution in [2.24, 2.45) is 28.6 Å². The molecule has 4 heteroatoms. The Morgan fingerprint density at radius 3 is 2.52 bits per heavy atom. The molecular weight excluding hydrogens is 364 g/mol. The summed E-state index contributed by atoms with van der Waals surface area (Å²) in [6, 6.07) is 0. The Morgan fingerprint density at radius 2 is 1.69 bits per heavy atom. The van der Waals surface area contributed by atoms with Gasteiger partial charge in [0.15, 0.2) is 5.79 Å². The quantitative estimate of drug-likeness (QED) is 0.593. The van der Waals surface area contributed by atoms with Gasteiger partial charge in [0.2, 0.25) is 0 Å². The zero-order chi connectivity index (χ0) is 19.9. The fourth-order valence-corrected chi connectivity index (χ4v) is 8.28. The minimum Gasteiger partial charge on any atom is -0.376 e. The molecule has 4 nitrogen and oxygen atoms in total. The van der Waals surface area contributed by atoms with E-state index in [1.807, 2.05) is 0 Å². The molecule has 0 aromatic rings. The van der Waals surface area contributed by atoms with Crippen LogP contribution in [0.3, 0.4) is 0 Å². The minimum atomic E-state index is -0.631. The first-order valence-electron chi connectivity index (χ1n) is 11.9. The lowest BCUT2D eigenvalue weighted by Crippen LogP contribution is -2.61. The highest BCUT2D eigenvalue weighted by Crippen LogP contribution is 2.66. The Hall–Kier alpha value is -0.680. The number of allylic oxidation sites excluding steroid dienone is 3. The summed E-state index contributed by atoms with van der Waals surface area (Å²) < 4.78 is 25.4. The third kappa shape index (κ3) is 2.52. The Morgan fingerprint density at radius 1 is 0.897 bits per heavy atom. The molecule has 3 unspecified atom stereocenters. The molecule has 4 heterocycles. The molecule has 0 amide bonds. The third-order valence-electron chi connectivity index (χ3n) is 9.83. The van der Waals surface area contributed by atoms with Crippen molar-refractivity contribution < 1.29 is 18.9 Å². The van der Waals surface area contributed by atoms with Gasteiger partial charge in [-0.05, 0) is 67.6 Å². The molecule has 4 aliphatic carbocycles. The lowest BCUT2D eigenvalue weighted by molar-refractivity contribution is -0.341.